The van der Waals surface area contributed by atoms with Gasteiger partial charge in [0.2, 0.25) is 5.91 Å². The number of rotatable bonds is 2. The topological polar surface area (TPSA) is 83.7 Å². The number of likely N-dealkylation sites (N-methyl/N-ethyl adjacent to an activating group) is 1. The van der Waals surface area contributed by atoms with Crippen molar-refractivity contribution in [1.29, 1.82) is 0 Å². The molecule has 1 aliphatic heterocycles. The minimum atomic E-state index is -1.14. The molecule has 1 amide bonds. The van der Waals surface area contributed by atoms with Crippen molar-refractivity contribution in [1.82, 2.24) is 4.90 Å². The third-order valence-corrected chi connectivity index (χ3v) is 2.26. The Hall–Kier alpha value is -2.37. The SMILES string of the molecule is CN1CC1=O.COC(=O)c1ccccc1C(=O)O. The van der Waals surface area contributed by atoms with E-state index < -0.39 is 11.9 Å². The van der Waals surface area contributed by atoms with Gasteiger partial charge in [-0.25, -0.2) is 9.59 Å². The smallest absolute Gasteiger partial charge is 0.338 e. The molecule has 1 heterocycles. The Morgan fingerprint density at radius 2 is 1.72 bits per heavy atom. The van der Waals surface area contributed by atoms with Gasteiger partial charge < -0.3 is 14.7 Å². The van der Waals surface area contributed by atoms with Crippen LogP contribution in [0.2, 0.25) is 0 Å². The van der Waals surface area contributed by atoms with Crippen molar-refractivity contribution < 1.29 is 24.2 Å². The van der Waals surface area contributed by atoms with Crippen molar-refractivity contribution in [3.8, 4) is 0 Å². The predicted octanol–water partition coefficient (Wildman–Crippen LogP) is 0.630. The summed E-state index contributed by atoms with van der Waals surface area (Å²) in [5.74, 6) is -1.52. The van der Waals surface area contributed by atoms with Crippen molar-refractivity contribution in [2.45, 2.75) is 0 Å². The molecule has 0 aromatic heterocycles. The molecule has 0 saturated carbocycles. The molecular formula is C12H13NO5. The minimum Gasteiger partial charge on any atom is -0.478 e. The first-order chi connectivity index (χ1) is 8.47. The number of methoxy groups -OCH3 is 1. The van der Waals surface area contributed by atoms with Crippen LogP contribution in [0.4, 0.5) is 0 Å². The molecule has 2 rings (SSSR count). The van der Waals surface area contributed by atoms with E-state index in [1.54, 1.807) is 24.1 Å². The molecule has 6 nitrogen and oxygen atoms in total. The number of carboxylic acid groups (broad SMARTS) is 1. The first kappa shape index (κ1) is 13.7. The summed E-state index contributed by atoms with van der Waals surface area (Å²) in [6.07, 6.45) is 0. The second-order valence-corrected chi connectivity index (χ2v) is 3.59. The van der Waals surface area contributed by atoms with Crippen LogP contribution in [0.25, 0.3) is 0 Å². The van der Waals surface area contributed by atoms with Crippen molar-refractivity contribution in [2.75, 3.05) is 20.7 Å². The van der Waals surface area contributed by atoms with Gasteiger partial charge in [0.25, 0.3) is 0 Å². The molecule has 0 spiro atoms. The summed E-state index contributed by atoms with van der Waals surface area (Å²) < 4.78 is 4.42. The monoisotopic (exact) mass is 251 g/mol. The average Bonchev–Trinajstić information content (AvgIpc) is 3.02. The average molecular weight is 251 g/mol. The van der Waals surface area contributed by atoms with Crippen LogP contribution in [-0.4, -0.2) is 48.6 Å². The first-order valence-electron chi connectivity index (χ1n) is 5.12. The molecule has 0 radical (unpaired) electrons. The highest BCUT2D eigenvalue weighted by molar-refractivity contribution is 6.02. The summed E-state index contributed by atoms with van der Waals surface area (Å²) in [7, 11) is 2.99. The largest absolute Gasteiger partial charge is 0.478 e. The molecule has 1 aliphatic rings. The lowest BCUT2D eigenvalue weighted by atomic mass is 10.1. The minimum absolute atomic E-state index is 0.0469. The Morgan fingerprint density at radius 1 is 1.28 bits per heavy atom. The Kier molecular flexibility index (Phi) is 4.42. The Morgan fingerprint density at radius 3 is 2.06 bits per heavy atom. The molecule has 1 fully saturated rings. The van der Waals surface area contributed by atoms with Crippen molar-refractivity contribution in [3.05, 3.63) is 35.4 Å². The Balaban J connectivity index is 0.000000269. The van der Waals surface area contributed by atoms with Gasteiger partial charge in [-0.3, -0.25) is 4.79 Å². The van der Waals surface area contributed by atoms with Crippen LogP contribution in [0, 0.1) is 0 Å². The number of ether oxygens (including phenoxy) is 1. The van der Waals surface area contributed by atoms with Gasteiger partial charge in [0.15, 0.2) is 0 Å². The maximum absolute atomic E-state index is 11.1. The number of hydrogen-bond acceptors (Lipinski definition) is 4. The number of carbonyl (C=O) groups is 3. The summed E-state index contributed by atoms with van der Waals surface area (Å²) in [4.78, 5) is 33.2. The molecule has 6 heteroatoms. The summed E-state index contributed by atoms with van der Waals surface area (Å²) in [6.45, 7) is 0.667. The molecule has 96 valence electrons. The van der Waals surface area contributed by atoms with E-state index in [2.05, 4.69) is 4.74 Å². The quantitative estimate of drug-likeness (QED) is 0.615. The molecule has 1 aromatic rings. The lowest BCUT2D eigenvalue weighted by Gasteiger charge is -2.02. The summed E-state index contributed by atoms with van der Waals surface area (Å²) in [6, 6.07) is 5.90. The second kappa shape index (κ2) is 5.81. The number of hydrogen-bond donors (Lipinski definition) is 1. The fraction of sp³-hybridized carbons (Fsp3) is 0.250. The third-order valence-electron chi connectivity index (χ3n) is 2.26. The highest BCUT2D eigenvalue weighted by Crippen LogP contribution is 2.09. The maximum atomic E-state index is 11.1. The fourth-order valence-electron chi connectivity index (χ4n) is 1.13. The summed E-state index contributed by atoms with van der Waals surface area (Å²) >= 11 is 0. The fourth-order valence-corrected chi connectivity index (χ4v) is 1.13. The van der Waals surface area contributed by atoms with E-state index in [0.29, 0.717) is 6.54 Å². The highest BCUT2D eigenvalue weighted by atomic mass is 16.5. The number of benzene rings is 1. The molecule has 1 aromatic carbocycles. The zero-order valence-corrected chi connectivity index (χ0v) is 10.0. The van der Waals surface area contributed by atoms with Gasteiger partial charge in [0, 0.05) is 7.05 Å². The van der Waals surface area contributed by atoms with Crippen LogP contribution in [0.15, 0.2) is 24.3 Å². The normalized spacial score (nSPS) is 12.3. The molecule has 0 bridgehead atoms. The van der Waals surface area contributed by atoms with Gasteiger partial charge in [-0.2, -0.15) is 0 Å². The van der Waals surface area contributed by atoms with E-state index in [9.17, 15) is 14.4 Å². The van der Waals surface area contributed by atoms with Gasteiger partial charge in [-0.05, 0) is 12.1 Å². The van der Waals surface area contributed by atoms with Gasteiger partial charge in [0.1, 0.15) is 0 Å². The molecule has 18 heavy (non-hydrogen) atoms. The number of carboxylic acids is 1. The van der Waals surface area contributed by atoms with Crippen molar-refractivity contribution in [2.24, 2.45) is 0 Å². The van der Waals surface area contributed by atoms with E-state index in [0.717, 1.165) is 0 Å². The van der Waals surface area contributed by atoms with Crippen LogP contribution >= 0.6 is 0 Å². The number of nitrogens with zero attached hydrogens (tertiary/aromatic N) is 1. The summed E-state index contributed by atoms with van der Waals surface area (Å²) in [5, 5.41) is 8.70. The van der Waals surface area contributed by atoms with Crippen LogP contribution < -0.4 is 0 Å². The third kappa shape index (κ3) is 3.58. The van der Waals surface area contributed by atoms with E-state index in [4.69, 9.17) is 5.11 Å². The van der Waals surface area contributed by atoms with Crippen LogP contribution in [0.3, 0.4) is 0 Å². The number of carbonyl (C=O) groups excluding carboxylic acids is 2. The van der Waals surface area contributed by atoms with Crippen LogP contribution in [0.5, 0.6) is 0 Å². The van der Waals surface area contributed by atoms with E-state index in [1.807, 2.05) is 0 Å². The summed E-state index contributed by atoms with van der Waals surface area (Å²) in [5.41, 5.74) is 0.0202. The molecule has 1 N–H and O–H groups in total. The standard InChI is InChI=1S/C9H8O4.C3H5NO/c1-13-9(12)7-5-3-2-4-6(7)8(10)11;1-4-2-3(4)5/h2-5H,1H3,(H,10,11);2H2,1H3. The van der Waals surface area contributed by atoms with Gasteiger partial charge in [-0.15, -0.1) is 0 Å². The lowest BCUT2D eigenvalue weighted by Crippen LogP contribution is -2.09. The second-order valence-electron chi connectivity index (χ2n) is 3.59. The molecule has 0 aliphatic carbocycles. The van der Waals surface area contributed by atoms with E-state index >= 15 is 0 Å². The van der Waals surface area contributed by atoms with E-state index in [-0.39, 0.29) is 17.0 Å². The molecule has 0 unspecified atom stereocenters. The van der Waals surface area contributed by atoms with Gasteiger partial charge in [-0.1, -0.05) is 12.1 Å². The predicted molar refractivity (Wildman–Crippen MR) is 62.4 cm³/mol. The van der Waals surface area contributed by atoms with Crippen LogP contribution in [-0.2, 0) is 9.53 Å². The van der Waals surface area contributed by atoms with Gasteiger partial charge >= 0.3 is 11.9 Å². The Labute approximate surface area is 104 Å². The number of aromatic carboxylic acids is 1. The zero-order valence-electron chi connectivity index (χ0n) is 10.0. The number of amides is 1. The van der Waals surface area contributed by atoms with E-state index in [1.165, 1.54) is 19.2 Å². The van der Waals surface area contributed by atoms with Crippen molar-refractivity contribution in [3.63, 3.8) is 0 Å². The molecule has 0 atom stereocenters. The first-order valence-corrected chi connectivity index (χ1v) is 5.12. The Bertz CT molecular complexity index is 483. The molecule has 1 saturated heterocycles. The van der Waals surface area contributed by atoms with Crippen molar-refractivity contribution >= 4 is 17.8 Å². The highest BCUT2D eigenvalue weighted by Gasteiger charge is 2.23. The van der Waals surface area contributed by atoms with Gasteiger partial charge in [0.05, 0.1) is 24.8 Å². The van der Waals surface area contributed by atoms with Crippen LogP contribution in [0.1, 0.15) is 20.7 Å². The number of esters is 1. The zero-order chi connectivity index (χ0) is 13.7. The lowest BCUT2D eigenvalue weighted by molar-refractivity contribution is -0.113. The maximum Gasteiger partial charge on any atom is 0.338 e. The molecular weight excluding hydrogens is 238 g/mol.